The quantitative estimate of drug-likeness (QED) is 0.579. The van der Waals surface area contributed by atoms with Crippen molar-refractivity contribution >= 4 is 33.3 Å². The molecule has 0 fully saturated rings. The van der Waals surface area contributed by atoms with Gasteiger partial charge in [-0.15, -0.1) is 0 Å². The average molecular weight is 476 g/mol. The molecule has 0 radical (unpaired) electrons. The zero-order valence-corrected chi connectivity index (χ0v) is 19.9. The van der Waals surface area contributed by atoms with Crippen LogP contribution in [0.1, 0.15) is 43.4 Å². The lowest BCUT2D eigenvalue weighted by atomic mass is 9.88. The number of rotatable bonds is 6. The van der Waals surface area contributed by atoms with Gasteiger partial charge in [0.15, 0.2) is 11.5 Å². The minimum atomic E-state index is -3.67. The summed E-state index contributed by atoms with van der Waals surface area (Å²) < 4.78 is 37.8. The van der Waals surface area contributed by atoms with Crippen molar-refractivity contribution in [2.75, 3.05) is 13.4 Å². The van der Waals surface area contributed by atoms with Crippen LogP contribution in [0.2, 0.25) is 10.0 Å². The molecule has 0 spiro atoms. The average Bonchev–Trinajstić information content (AvgIpc) is 3.07. The molecular weight excluding hydrogens is 449 g/mol. The lowest BCUT2D eigenvalue weighted by Crippen LogP contribution is -2.32. The van der Waals surface area contributed by atoms with Crippen LogP contribution in [-0.4, -0.2) is 36.9 Å². The molecule has 0 aliphatic carbocycles. The third kappa shape index (κ3) is 6.23. The van der Waals surface area contributed by atoms with Crippen LogP contribution in [0.5, 0.6) is 11.5 Å². The summed E-state index contributed by atoms with van der Waals surface area (Å²) in [5.74, 6) is 1.71. The van der Waals surface area contributed by atoms with E-state index in [0.29, 0.717) is 16.3 Å². The first kappa shape index (κ1) is 24.7. The predicted molar refractivity (Wildman–Crippen MR) is 120 cm³/mol. The molecule has 6 nitrogen and oxygen atoms in total. The fraction of sp³-hybridized carbons (Fsp3) is 0.476. The number of aromatic nitrogens is 1. The molecule has 2 aromatic rings. The maximum atomic E-state index is 9.19. The highest BCUT2D eigenvalue weighted by molar-refractivity contribution is 7.85. The van der Waals surface area contributed by atoms with E-state index in [-0.39, 0.29) is 5.60 Å². The summed E-state index contributed by atoms with van der Waals surface area (Å²) in [6.07, 6.45) is 8.48. The standard InChI is InChI=1S/C20H23Cl2NO2.CH4O3S/c1-4-20(5-2)10-15-13(7-9-18(24-3)19(15)25-20)6-8-14-16(21)11-23-12-17(14)22;1-5(2,3)4/h7,9,11-12H,4-6,8,10H2,1-3H3;1H3,(H,2,3,4). The third-order valence-electron chi connectivity index (χ3n) is 5.24. The van der Waals surface area contributed by atoms with E-state index < -0.39 is 10.1 Å². The van der Waals surface area contributed by atoms with Gasteiger partial charge in [0.1, 0.15) is 5.60 Å². The van der Waals surface area contributed by atoms with Crippen LogP contribution in [0.4, 0.5) is 0 Å². The zero-order valence-electron chi connectivity index (χ0n) is 17.5. The number of fused-ring (bicyclic) bond motifs is 1. The van der Waals surface area contributed by atoms with Crippen LogP contribution in [0.3, 0.4) is 0 Å². The molecule has 166 valence electrons. The number of nitrogens with zero attached hydrogens (tertiary/aromatic N) is 1. The molecule has 0 atom stereocenters. The Morgan fingerprint density at radius 1 is 1.17 bits per heavy atom. The Balaban J connectivity index is 0.000000575. The maximum absolute atomic E-state index is 9.19. The Kier molecular flexibility index (Phi) is 8.39. The molecule has 3 rings (SSSR count). The van der Waals surface area contributed by atoms with Crippen molar-refractivity contribution in [2.24, 2.45) is 0 Å². The summed E-state index contributed by atoms with van der Waals surface area (Å²) in [5.41, 5.74) is 3.34. The van der Waals surface area contributed by atoms with E-state index in [1.54, 1.807) is 19.5 Å². The highest BCUT2D eigenvalue weighted by Gasteiger charge is 2.39. The second-order valence-corrected chi connectivity index (χ2v) is 9.50. The Hall–Kier alpha value is -1.54. The van der Waals surface area contributed by atoms with Crippen molar-refractivity contribution in [1.29, 1.82) is 0 Å². The van der Waals surface area contributed by atoms with Crippen molar-refractivity contribution in [3.63, 3.8) is 0 Å². The van der Waals surface area contributed by atoms with Crippen molar-refractivity contribution in [1.82, 2.24) is 4.98 Å². The normalized spacial score (nSPS) is 14.4. The van der Waals surface area contributed by atoms with Gasteiger partial charge in [-0.05, 0) is 42.9 Å². The van der Waals surface area contributed by atoms with Crippen molar-refractivity contribution in [3.8, 4) is 11.5 Å². The van der Waals surface area contributed by atoms with E-state index in [1.165, 1.54) is 11.1 Å². The first-order valence-corrected chi connectivity index (χ1v) is 12.2. The van der Waals surface area contributed by atoms with Gasteiger partial charge in [-0.3, -0.25) is 9.54 Å². The summed E-state index contributed by atoms with van der Waals surface area (Å²) in [7, 11) is -1.98. The molecule has 1 aromatic carbocycles. The number of aryl methyl sites for hydroxylation is 1. The van der Waals surface area contributed by atoms with Crippen LogP contribution < -0.4 is 9.47 Å². The van der Waals surface area contributed by atoms with Gasteiger partial charge in [0.2, 0.25) is 0 Å². The van der Waals surface area contributed by atoms with Crippen LogP contribution in [-0.2, 0) is 29.4 Å². The number of hydrogen-bond acceptors (Lipinski definition) is 5. The van der Waals surface area contributed by atoms with E-state index in [2.05, 4.69) is 24.9 Å². The molecule has 1 aliphatic rings. The minimum Gasteiger partial charge on any atom is -0.493 e. The van der Waals surface area contributed by atoms with Gasteiger partial charge in [-0.25, -0.2) is 0 Å². The Morgan fingerprint density at radius 3 is 2.23 bits per heavy atom. The lowest BCUT2D eigenvalue weighted by Gasteiger charge is -2.25. The van der Waals surface area contributed by atoms with Crippen molar-refractivity contribution < 1.29 is 22.4 Å². The summed E-state index contributed by atoms with van der Waals surface area (Å²) in [6, 6.07) is 4.12. The zero-order chi connectivity index (χ0) is 22.5. The van der Waals surface area contributed by atoms with Gasteiger partial charge in [-0.2, -0.15) is 8.42 Å². The summed E-state index contributed by atoms with van der Waals surface area (Å²) >= 11 is 12.5. The molecule has 1 N–H and O–H groups in total. The molecule has 30 heavy (non-hydrogen) atoms. The number of pyridine rings is 1. The molecule has 1 aromatic heterocycles. The Morgan fingerprint density at radius 2 is 1.73 bits per heavy atom. The third-order valence-corrected chi connectivity index (χ3v) is 5.90. The molecule has 0 saturated carbocycles. The van der Waals surface area contributed by atoms with E-state index in [9.17, 15) is 8.42 Å². The lowest BCUT2D eigenvalue weighted by molar-refractivity contribution is 0.0828. The van der Waals surface area contributed by atoms with Crippen LogP contribution in [0, 0.1) is 0 Å². The van der Waals surface area contributed by atoms with E-state index >= 15 is 0 Å². The van der Waals surface area contributed by atoms with Gasteiger partial charge in [0, 0.05) is 24.4 Å². The van der Waals surface area contributed by atoms with Gasteiger partial charge < -0.3 is 9.47 Å². The molecule has 0 unspecified atom stereocenters. The van der Waals surface area contributed by atoms with Crippen LogP contribution >= 0.6 is 23.2 Å². The largest absolute Gasteiger partial charge is 0.493 e. The topological polar surface area (TPSA) is 85.7 Å². The second-order valence-electron chi connectivity index (χ2n) is 7.22. The molecule has 0 amide bonds. The number of benzene rings is 1. The summed E-state index contributed by atoms with van der Waals surface area (Å²) in [5, 5.41) is 1.23. The van der Waals surface area contributed by atoms with Gasteiger partial charge in [-0.1, -0.05) is 43.1 Å². The molecule has 1 aliphatic heterocycles. The Labute approximate surface area is 188 Å². The minimum absolute atomic E-state index is 0.127. The van der Waals surface area contributed by atoms with Crippen molar-refractivity contribution in [3.05, 3.63) is 51.3 Å². The molecule has 9 heteroatoms. The molecular formula is C21H27Cl2NO5S. The molecule has 0 saturated heterocycles. The number of hydrogen-bond donors (Lipinski definition) is 1. The highest BCUT2D eigenvalue weighted by Crippen LogP contribution is 2.46. The van der Waals surface area contributed by atoms with Crippen molar-refractivity contribution in [2.45, 2.75) is 51.6 Å². The monoisotopic (exact) mass is 475 g/mol. The summed E-state index contributed by atoms with van der Waals surface area (Å²) in [4.78, 5) is 4.02. The molecule has 2 heterocycles. The fourth-order valence-electron chi connectivity index (χ4n) is 3.50. The number of methoxy groups -OCH3 is 1. The molecule has 0 bridgehead atoms. The summed E-state index contributed by atoms with van der Waals surface area (Å²) in [6.45, 7) is 4.36. The van der Waals surface area contributed by atoms with E-state index in [0.717, 1.165) is 49.2 Å². The Bertz CT molecular complexity index is 963. The first-order chi connectivity index (χ1) is 14.0. The highest BCUT2D eigenvalue weighted by atomic mass is 35.5. The fourth-order valence-corrected chi connectivity index (χ4v) is 4.06. The van der Waals surface area contributed by atoms with E-state index in [4.69, 9.17) is 37.2 Å². The van der Waals surface area contributed by atoms with Gasteiger partial charge in [0.05, 0.1) is 23.4 Å². The van der Waals surface area contributed by atoms with Crippen LogP contribution in [0.25, 0.3) is 0 Å². The predicted octanol–water partition coefficient (Wildman–Crippen LogP) is 5.18. The van der Waals surface area contributed by atoms with Gasteiger partial charge in [0.25, 0.3) is 10.1 Å². The number of ether oxygens (including phenoxy) is 2. The SMILES string of the molecule is CCC1(CC)Cc2c(CCc3c(Cl)cncc3Cl)ccc(OC)c2O1.CS(=O)(=O)O. The van der Waals surface area contributed by atoms with Crippen LogP contribution in [0.15, 0.2) is 24.5 Å². The number of halogens is 2. The van der Waals surface area contributed by atoms with E-state index in [1.807, 2.05) is 6.07 Å². The smallest absolute Gasteiger partial charge is 0.261 e. The maximum Gasteiger partial charge on any atom is 0.261 e. The van der Waals surface area contributed by atoms with Gasteiger partial charge >= 0.3 is 0 Å². The second kappa shape index (κ2) is 10.2. The first-order valence-electron chi connectivity index (χ1n) is 9.61.